The largest absolute Gasteiger partial charge is 0.573 e. The zero-order chi connectivity index (χ0) is 13.6. The van der Waals surface area contributed by atoms with Crippen LogP contribution < -0.4 is 10.5 Å². The minimum Gasteiger partial charge on any atom is -0.405 e. The Bertz CT molecular complexity index is 365. The van der Waals surface area contributed by atoms with E-state index in [0.717, 1.165) is 19.3 Å². The predicted octanol–water partition coefficient (Wildman–Crippen LogP) is 4.17. The van der Waals surface area contributed by atoms with Gasteiger partial charge in [-0.15, -0.1) is 13.2 Å². The number of hydrogen-bond donors (Lipinski definition) is 1. The van der Waals surface area contributed by atoms with E-state index in [-0.39, 0.29) is 5.75 Å². The number of alkyl halides is 3. The molecule has 18 heavy (non-hydrogen) atoms. The summed E-state index contributed by atoms with van der Waals surface area (Å²) in [5.41, 5.74) is 6.32. The third-order valence-corrected chi connectivity index (χ3v) is 2.66. The summed E-state index contributed by atoms with van der Waals surface area (Å²) in [5.74, 6) is -0.200. The van der Waals surface area contributed by atoms with Crippen LogP contribution in [0.4, 0.5) is 13.2 Å². The van der Waals surface area contributed by atoms with Gasteiger partial charge in [0.1, 0.15) is 5.75 Å². The smallest absolute Gasteiger partial charge is 0.405 e. The van der Waals surface area contributed by atoms with Gasteiger partial charge in [-0.3, -0.25) is 0 Å². The average Bonchev–Trinajstić information content (AvgIpc) is 2.27. The molecule has 0 spiro atoms. The van der Waals surface area contributed by atoms with Gasteiger partial charge in [-0.1, -0.05) is 44.4 Å². The van der Waals surface area contributed by atoms with Gasteiger partial charge >= 0.3 is 6.36 Å². The summed E-state index contributed by atoms with van der Waals surface area (Å²) in [5, 5.41) is 0. The van der Waals surface area contributed by atoms with Gasteiger partial charge in [0, 0.05) is 11.6 Å². The first-order valence-corrected chi connectivity index (χ1v) is 6.04. The van der Waals surface area contributed by atoms with Gasteiger partial charge in [-0.2, -0.15) is 0 Å². The molecule has 0 aliphatic heterocycles. The van der Waals surface area contributed by atoms with E-state index in [0.29, 0.717) is 12.0 Å². The maximum absolute atomic E-state index is 12.2. The lowest BCUT2D eigenvalue weighted by Gasteiger charge is -2.17. The van der Waals surface area contributed by atoms with Crippen molar-refractivity contribution in [3.05, 3.63) is 29.8 Å². The quantitative estimate of drug-likeness (QED) is 0.780. The molecule has 0 saturated heterocycles. The van der Waals surface area contributed by atoms with Gasteiger partial charge in [0.25, 0.3) is 0 Å². The third kappa shape index (κ3) is 4.96. The maximum Gasteiger partial charge on any atom is 0.573 e. The summed E-state index contributed by atoms with van der Waals surface area (Å²) in [6.45, 7) is 2.06. The first-order chi connectivity index (χ1) is 8.44. The Labute approximate surface area is 105 Å². The van der Waals surface area contributed by atoms with Gasteiger partial charge in [0.15, 0.2) is 0 Å². The fraction of sp³-hybridized carbons (Fsp3) is 0.538. The summed E-state index contributed by atoms with van der Waals surface area (Å²) in [4.78, 5) is 0. The van der Waals surface area contributed by atoms with Crippen molar-refractivity contribution in [1.82, 2.24) is 0 Å². The summed E-state index contributed by atoms with van der Waals surface area (Å²) < 4.78 is 40.7. The molecule has 5 heteroatoms. The van der Waals surface area contributed by atoms with Crippen molar-refractivity contribution in [1.29, 1.82) is 0 Å². The minimum atomic E-state index is -4.68. The Morgan fingerprint density at radius 3 is 2.50 bits per heavy atom. The van der Waals surface area contributed by atoms with Crippen LogP contribution in [-0.2, 0) is 0 Å². The fourth-order valence-electron chi connectivity index (χ4n) is 1.77. The Hall–Kier alpha value is -1.23. The van der Waals surface area contributed by atoms with E-state index < -0.39 is 12.4 Å². The third-order valence-electron chi connectivity index (χ3n) is 2.66. The molecule has 0 amide bonds. The molecule has 1 aromatic carbocycles. The van der Waals surface area contributed by atoms with Crippen LogP contribution in [0.2, 0.25) is 0 Å². The summed E-state index contributed by atoms with van der Waals surface area (Å²) in [6.07, 6.45) is -1.05. The molecule has 0 aliphatic carbocycles. The van der Waals surface area contributed by atoms with E-state index in [1.807, 2.05) is 0 Å². The zero-order valence-corrected chi connectivity index (χ0v) is 10.3. The number of halogens is 3. The molecule has 0 bridgehead atoms. The van der Waals surface area contributed by atoms with Gasteiger partial charge in [-0.25, -0.2) is 0 Å². The van der Waals surface area contributed by atoms with Crippen LogP contribution in [-0.4, -0.2) is 6.36 Å². The average molecular weight is 261 g/mol. The van der Waals surface area contributed by atoms with Crippen molar-refractivity contribution in [2.24, 2.45) is 5.73 Å². The summed E-state index contributed by atoms with van der Waals surface area (Å²) in [6, 6.07) is 5.62. The molecular formula is C13H18F3NO. The topological polar surface area (TPSA) is 35.2 Å². The second kappa shape index (κ2) is 6.64. The van der Waals surface area contributed by atoms with E-state index >= 15 is 0 Å². The van der Waals surface area contributed by atoms with Crippen molar-refractivity contribution in [2.75, 3.05) is 0 Å². The number of hydrogen-bond acceptors (Lipinski definition) is 2. The van der Waals surface area contributed by atoms with Gasteiger partial charge in [0.05, 0.1) is 0 Å². The van der Waals surface area contributed by atoms with Crippen LogP contribution in [0.1, 0.15) is 44.2 Å². The molecular weight excluding hydrogens is 243 g/mol. The van der Waals surface area contributed by atoms with Crippen LogP contribution in [0.15, 0.2) is 24.3 Å². The Balaban J connectivity index is 2.74. The van der Waals surface area contributed by atoms with Crippen molar-refractivity contribution in [2.45, 2.75) is 45.0 Å². The van der Waals surface area contributed by atoms with E-state index in [1.54, 1.807) is 12.1 Å². The van der Waals surface area contributed by atoms with E-state index in [1.165, 1.54) is 12.1 Å². The Morgan fingerprint density at radius 2 is 1.89 bits per heavy atom. The van der Waals surface area contributed by atoms with Crippen LogP contribution in [0.5, 0.6) is 5.75 Å². The van der Waals surface area contributed by atoms with E-state index in [4.69, 9.17) is 5.73 Å². The van der Waals surface area contributed by atoms with Gasteiger partial charge < -0.3 is 10.5 Å². The number of unbranched alkanes of at least 4 members (excludes halogenated alkanes) is 2. The highest BCUT2D eigenvalue weighted by Crippen LogP contribution is 2.31. The van der Waals surface area contributed by atoms with Crippen molar-refractivity contribution in [3.8, 4) is 5.75 Å². The highest BCUT2D eigenvalue weighted by Gasteiger charge is 2.32. The van der Waals surface area contributed by atoms with Crippen LogP contribution >= 0.6 is 0 Å². The number of nitrogens with two attached hydrogens (primary N) is 1. The molecule has 0 saturated carbocycles. The monoisotopic (exact) mass is 261 g/mol. The van der Waals surface area contributed by atoms with E-state index in [2.05, 4.69) is 11.7 Å². The SMILES string of the molecule is CCCCC[C@H](N)c1ccccc1OC(F)(F)F. The van der Waals surface area contributed by atoms with Crippen molar-refractivity contribution < 1.29 is 17.9 Å². The molecule has 0 aromatic heterocycles. The zero-order valence-electron chi connectivity index (χ0n) is 10.3. The van der Waals surface area contributed by atoms with Crippen LogP contribution in [0.25, 0.3) is 0 Å². The minimum absolute atomic E-state index is 0.200. The molecule has 0 aliphatic rings. The number of benzene rings is 1. The summed E-state index contributed by atoms with van der Waals surface area (Å²) >= 11 is 0. The first-order valence-electron chi connectivity index (χ1n) is 6.04. The van der Waals surface area contributed by atoms with E-state index in [9.17, 15) is 13.2 Å². The van der Waals surface area contributed by atoms with Crippen LogP contribution in [0.3, 0.4) is 0 Å². The standard InChI is InChI=1S/C13H18F3NO/c1-2-3-4-8-11(17)10-7-5-6-9-12(10)18-13(14,15)16/h5-7,9,11H,2-4,8,17H2,1H3/t11-/m0/s1. The second-order valence-corrected chi connectivity index (χ2v) is 4.19. The Kier molecular flexibility index (Phi) is 5.47. The molecule has 1 aromatic rings. The molecule has 102 valence electrons. The normalized spacial score (nSPS) is 13.4. The number of para-hydroxylation sites is 1. The molecule has 0 fully saturated rings. The molecule has 0 unspecified atom stereocenters. The molecule has 0 heterocycles. The number of ether oxygens (including phenoxy) is 1. The molecule has 2 nitrogen and oxygen atoms in total. The summed E-state index contributed by atoms with van der Waals surface area (Å²) in [7, 11) is 0. The highest BCUT2D eigenvalue weighted by atomic mass is 19.4. The lowest BCUT2D eigenvalue weighted by molar-refractivity contribution is -0.275. The second-order valence-electron chi connectivity index (χ2n) is 4.19. The maximum atomic E-state index is 12.2. The first kappa shape index (κ1) is 14.8. The van der Waals surface area contributed by atoms with Gasteiger partial charge in [0.2, 0.25) is 0 Å². The molecule has 2 N–H and O–H groups in total. The Morgan fingerprint density at radius 1 is 1.22 bits per heavy atom. The van der Waals surface area contributed by atoms with Crippen LogP contribution in [0, 0.1) is 0 Å². The molecule has 0 radical (unpaired) electrons. The van der Waals surface area contributed by atoms with Crippen molar-refractivity contribution >= 4 is 0 Å². The highest BCUT2D eigenvalue weighted by molar-refractivity contribution is 5.35. The van der Waals surface area contributed by atoms with Gasteiger partial charge in [-0.05, 0) is 12.5 Å². The lowest BCUT2D eigenvalue weighted by Crippen LogP contribution is -2.20. The predicted molar refractivity (Wildman–Crippen MR) is 64.2 cm³/mol. The van der Waals surface area contributed by atoms with Crippen molar-refractivity contribution in [3.63, 3.8) is 0 Å². The lowest BCUT2D eigenvalue weighted by atomic mass is 10.0. The molecule has 1 rings (SSSR count). The number of rotatable bonds is 6. The fourth-order valence-corrected chi connectivity index (χ4v) is 1.77. The molecule has 1 atom stereocenters.